The van der Waals surface area contributed by atoms with Crippen molar-refractivity contribution >= 4 is 11.8 Å². The average Bonchev–Trinajstić information content (AvgIpc) is 2.67. The molecule has 1 fully saturated rings. The third-order valence-electron chi connectivity index (χ3n) is 3.57. The van der Waals surface area contributed by atoms with Crippen molar-refractivity contribution in [3.63, 3.8) is 0 Å². The third-order valence-corrected chi connectivity index (χ3v) is 5.07. The van der Waals surface area contributed by atoms with Gasteiger partial charge in [0.1, 0.15) is 0 Å². The lowest BCUT2D eigenvalue weighted by Gasteiger charge is -2.32. The van der Waals surface area contributed by atoms with Crippen molar-refractivity contribution < 1.29 is 10.2 Å². The number of thioether (sulfide) groups is 1. The predicted octanol–water partition coefficient (Wildman–Crippen LogP) is 1.51. The molecule has 2 rings (SSSR count). The monoisotopic (exact) mass is 257 g/mol. The van der Waals surface area contributed by atoms with Gasteiger partial charge in [-0.15, -0.1) is 11.8 Å². The molecule has 0 amide bonds. The van der Waals surface area contributed by atoms with Crippen LogP contribution in [0.3, 0.4) is 0 Å². The molecule has 3 N–H and O–H groups in total. The molecule has 0 radical (unpaired) electrons. The molecule has 1 aliphatic heterocycles. The number of hydrogen-bond acceptors (Lipinski definition) is 4. The Kier molecular flexibility index (Phi) is 4.53. The molecule has 4 heteroatoms. The Labute approximate surface area is 108 Å². The number of rotatable bonds is 4. The minimum atomic E-state index is -0.559. The van der Waals surface area contributed by atoms with Crippen molar-refractivity contribution in [1.29, 1.82) is 0 Å². The summed E-state index contributed by atoms with van der Waals surface area (Å²) in [5.41, 5.74) is 0. The molecular weight excluding hydrogens is 234 g/mol. The van der Waals surface area contributed by atoms with E-state index >= 15 is 0 Å². The van der Waals surface area contributed by atoms with Gasteiger partial charge >= 0.3 is 0 Å². The fourth-order valence-electron chi connectivity index (χ4n) is 2.59. The van der Waals surface area contributed by atoms with E-state index in [-0.39, 0.29) is 5.92 Å². The molecule has 0 saturated heterocycles. The second-order valence-corrected chi connectivity index (χ2v) is 6.73. The Hall–Kier alpha value is -0.0300. The fourth-order valence-corrected chi connectivity index (χ4v) is 4.09. The van der Waals surface area contributed by atoms with Gasteiger partial charge in [0.25, 0.3) is 0 Å². The smallest absolute Gasteiger partial charge is 0.0872 e. The molecule has 1 heterocycles. The van der Waals surface area contributed by atoms with Crippen LogP contribution >= 0.6 is 11.8 Å². The lowest BCUT2D eigenvalue weighted by atomic mass is 9.84. The maximum atomic E-state index is 9.96. The van der Waals surface area contributed by atoms with Gasteiger partial charge < -0.3 is 15.5 Å². The first-order valence-corrected chi connectivity index (χ1v) is 7.42. The predicted molar refractivity (Wildman–Crippen MR) is 72.0 cm³/mol. The largest absolute Gasteiger partial charge is 0.390 e. The van der Waals surface area contributed by atoms with E-state index in [9.17, 15) is 10.2 Å². The topological polar surface area (TPSA) is 52.5 Å². The molecule has 2 aliphatic rings. The van der Waals surface area contributed by atoms with Crippen LogP contribution in [0.1, 0.15) is 33.1 Å². The molecular formula is C13H23NO2S. The number of hydrogen-bond donors (Lipinski definition) is 3. The highest BCUT2D eigenvalue weighted by Crippen LogP contribution is 2.45. The van der Waals surface area contributed by atoms with Crippen LogP contribution < -0.4 is 5.32 Å². The molecule has 1 aliphatic carbocycles. The van der Waals surface area contributed by atoms with E-state index in [1.165, 1.54) is 4.91 Å². The summed E-state index contributed by atoms with van der Waals surface area (Å²) >= 11 is 1.90. The van der Waals surface area contributed by atoms with Crippen LogP contribution in [0.25, 0.3) is 0 Å². The van der Waals surface area contributed by atoms with Crippen molar-refractivity contribution in [3.8, 4) is 0 Å². The van der Waals surface area contributed by atoms with Gasteiger partial charge in [0.15, 0.2) is 0 Å². The van der Waals surface area contributed by atoms with E-state index in [0.717, 1.165) is 25.8 Å². The van der Waals surface area contributed by atoms with Crippen molar-refractivity contribution in [3.05, 3.63) is 11.0 Å². The first-order chi connectivity index (χ1) is 8.08. The summed E-state index contributed by atoms with van der Waals surface area (Å²) in [4.78, 5) is 1.38. The summed E-state index contributed by atoms with van der Waals surface area (Å²) in [6, 6.07) is 0.525. The second-order valence-electron chi connectivity index (χ2n) is 5.36. The lowest BCUT2D eigenvalue weighted by molar-refractivity contribution is -0.0281. The molecule has 0 aromatic rings. The van der Waals surface area contributed by atoms with Crippen LogP contribution in [0, 0.1) is 5.92 Å². The molecule has 4 unspecified atom stereocenters. The van der Waals surface area contributed by atoms with E-state index in [4.69, 9.17) is 0 Å². The minimum absolute atomic E-state index is 0.165. The summed E-state index contributed by atoms with van der Waals surface area (Å²) in [5, 5.41) is 23.5. The minimum Gasteiger partial charge on any atom is -0.390 e. The average molecular weight is 257 g/mol. The number of aliphatic hydroxyl groups excluding tert-OH is 2. The van der Waals surface area contributed by atoms with E-state index in [1.807, 2.05) is 11.8 Å². The fraction of sp³-hybridized carbons (Fsp3) is 0.846. The van der Waals surface area contributed by atoms with Gasteiger partial charge in [-0.2, -0.15) is 0 Å². The molecule has 0 aromatic carbocycles. The highest BCUT2D eigenvalue weighted by Gasteiger charge is 2.40. The van der Waals surface area contributed by atoms with Crippen LogP contribution in [0.2, 0.25) is 0 Å². The van der Waals surface area contributed by atoms with Gasteiger partial charge in [0, 0.05) is 17.2 Å². The first-order valence-electron chi connectivity index (χ1n) is 6.55. The molecule has 17 heavy (non-hydrogen) atoms. The van der Waals surface area contributed by atoms with Gasteiger partial charge in [-0.25, -0.2) is 0 Å². The zero-order valence-corrected chi connectivity index (χ0v) is 11.4. The summed E-state index contributed by atoms with van der Waals surface area (Å²) in [6.45, 7) is 5.29. The molecule has 0 spiro atoms. The van der Waals surface area contributed by atoms with Gasteiger partial charge in [0.05, 0.1) is 12.2 Å². The third kappa shape index (κ3) is 3.25. The zero-order valence-electron chi connectivity index (χ0n) is 10.6. The number of fused-ring (bicyclic) bond motifs is 1. The highest BCUT2D eigenvalue weighted by atomic mass is 32.2. The SMILES string of the molecule is CC(C)NCCC1=CC2C(CCC(O)C2O)S1. The summed E-state index contributed by atoms with van der Waals surface area (Å²) in [7, 11) is 0. The molecule has 0 bridgehead atoms. The second kappa shape index (κ2) is 5.74. The Morgan fingerprint density at radius 3 is 2.88 bits per heavy atom. The van der Waals surface area contributed by atoms with Crippen LogP contribution in [-0.2, 0) is 0 Å². The molecule has 4 atom stereocenters. The Bertz CT molecular complexity index is 293. The first kappa shape index (κ1) is 13.4. The quantitative estimate of drug-likeness (QED) is 0.714. The van der Waals surface area contributed by atoms with Crippen LogP contribution in [0.15, 0.2) is 11.0 Å². The van der Waals surface area contributed by atoms with Crippen molar-refractivity contribution in [2.75, 3.05) is 6.54 Å². The summed E-state index contributed by atoms with van der Waals surface area (Å²) < 4.78 is 0. The highest BCUT2D eigenvalue weighted by molar-refractivity contribution is 8.03. The van der Waals surface area contributed by atoms with E-state index in [1.54, 1.807) is 0 Å². The normalized spacial score (nSPS) is 37.1. The molecule has 1 saturated carbocycles. The molecule has 3 nitrogen and oxygen atoms in total. The van der Waals surface area contributed by atoms with Gasteiger partial charge in [0.2, 0.25) is 0 Å². The van der Waals surface area contributed by atoms with Crippen LogP contribution in [0.5, 0.6) is 0 Å². The number of nitrogens with one attached hydrogen (secondary N) is 1. The van der Waals surface area contributed by atoms with E-state index in [2.05, 4.69) is 25.2 Å². The zero-order chi connectivity index (χ0) is 12.4. The number of aliphatic hydroxyl groups is 2. The van der Waals surface area contributed by atoms with Crippen molar-refractivity contribution in [2.24, 2.45) is 5.92 Å². The van der Waals surface area contributed by atoms with Crippen molar-refractivity contribution in [2.45, 2.75) is 56.6 Å². The van der Waals surface area contributed by atoms with Gasteiger partial charge in [-0.1, -0.05) is 19.9 Å². The lowest BCUT2D eigenvalue weighted by Crippen LogP contribution is -2.41. The maximum absolute atomic E-state index is 9.96. The van der Waals surface area contributed by atoms with Crippen LogP contribution in [0.4, 0.5) is 0 Å². The van der Waals surface area contributed by atoms with Gasteiger partial charge in [-0.3, -0.25) is 0 Å². The van der Waals surface area contributed by atoms with Crippen LogP contribution in [-0.4, -0.2) is 40.3 Å². The standard InChI is InChI=1S/C13H23NO2S/c1-8(2)14-6-5-9-7-10-12(17-9)4-3-11(15)13(10)16/h7-8,10-16H,3-6H2,1-2H3. The van der Waals surface area contributed by atoms with E-state index < -0.39 is 12.2 Å². The molecule has 98 valence electrons. The Balaban J connectivity index is 1.86. The Morgan fingerprint density at radius 2 is 2.18 bits per heavy atom. The van der Waals surface area contributed by atoms with E-state index in [0.29, 0.717) is 11.3 Å². The summed E-state index contributed by atoms with van der Waals surface area (Å²) in [5.74, 6) is 0.165. The summed E-state index contributed by atoms with van der Waals surface area (Å²) in [6.07, 6.45) is 3.90. The molecule has 0 aromatic heterocycles. The Morgan fingerprint density at radius 1 is 1.41 bits per heavy atom. The van der Waals surface area contributed by atoms with Gasteiger partial charge in [-0.05, 0) is 30.7 Å². The van der Waals surface area contributed by atoms with Crippen molar-refractivity contribution in [1.82, 2.24) is 5.32 Å². The maximum Gasteiger partial charge on any atom is 0.0872 e.